The standard InChI is InChI=1S/C10H8ClFS/c1-2-6-5-7-8(11)3-4-9(12)10(7)13-6/h3-5H,2H2,1H3. The molecule has 0 aliphatic carbocycles. The fourth-order valence-corrected chi connectivity index (χ4v) is 2.58. The third-order valence-corrected chi connectivity index (χ3v) is 3.60. The van der Waals surface area contributed by atoms with Gasteiger partial charge in [-0.05, 0) is 24.6 Å². The predicted octanol–water partition coefficient (Wildman–Crippen LogP) is 4.26. The number of thiophene rings is 1. The first-order chi connectivity index (χ1) is 6.22. The SMILES string of the molecule is CCc1cc2c(Cl)ccc(F)c2s1. The number of rotatable bonds is 1. The van der Waals surface area contributed by atoms with Gasteiger partial charge in [0.25, 0.3) is 0 Å². The van der Waals surface area contributed by atoms with E-state index in [4.69, 9.17) is 11.6 Å². The summed E-state index contributed by atoms with van der Waals surface area (Å²) in [5.41, 5.74) is 0. The molecule has 0 amide bonds. The quantitative estimate of drug-likeness (QED) is 0.666. The molecule has 0 saturated heterocycles. The van der Waals surface area contributed by atoms with Crippen LogP contribution in [0.1, 0.15) is 11.8 Å². The fraction of sp³-hybridized carbons (Fsp3) is 0.200. The van der Waals surface area contributed by atoms with Gasteiger partial charge in [-0.2, -0.15) is 0 Å². The van der Waals surface area contributed by atoms with Crippen molar-refractivity contribution in [2.75, 3.05) is 0 Å². The van der Waals surface area contributed by atoms with Crippen molar-refractivity contribution in [2.24, 2.45) is 0 Å². The molecule has 0 radical (unpaired) electrons. The van der Waals surface area contributed by atoms with Gasteiger partial charge in [-0.15, -0.1) is 11.3 Å². The van der Waals surface area contributed by atoms with E-state index in [1.165, 1.54) is 22.3 Å². The first kappa shape index (κ1) is 8.97. The van der Waals surface area contributed by atoms with Gasteiger partial charge >= 0.3 is 0 Å². The highest BCUT2D eigenvalue weighted by atomic mass is 35.5. The second-order valence-electron chi connectivity index (χ2n) is 2.84. The Labute approximate surface area is 85.0 Å². The average molecular weight is 215 g/mol. The number of halogens is 2. The molecular formula is C10H8ClFS. The average Bonchev–Trinajstić information content (AvgIpc) is 2.56. The number of hydrogen-bond acceptors (Lipinski definition) is 1. The Hall–Kier alpha value is -0.600. The van der Waals surface area contributed by atoms with E-state index in [1.54, 1.807) is 6.07 Å². The van der Waals surface area contributed by atoms with Gasteiger partial charge in [0.15, 0.2) is 0 Å². The van der Waals surface area contributed by atoms with Crippen molar-refractivity contribution in [1.29, 1.82) is 0 Å². The topological polar surface area (TPSA) is 0 Å². The number of fused-ring (bicyclic) bond motifs is 1. The maximum absolute atomic E-state index is 13.3. The van der Waals surface area contributed by atoms with Crippen molar-refractivity contribution in [3.05, 3.63) is 33.9 Å². The summed E-state index contributed by atoms with van der Waals surface area (Å²) in [6, 6.07) is 4.98. The second-order valence-corrected chi connectivity index (χ2v) is 4.38. The molecule has 0 N–H and O–H groups in total. The predicted molar refractivity (Wildman–Crippen MR) is 56.2 cm³/mol. The van der Waals surface area contributed by atoms with Gasteiger partial charge in [-0.25, -0.2) is 4.39 Å². The van der Waals surface area contributed by atoms with Crippen molar-refractivity contribution in [1.82, 2.24) is 0 Å². The molecular weight excluding hydrogens is 207 g/mol. The van der Waals surface area contributed by atoms with E-state index in [0.717, 1.165) is 11.8 Å². The Morgan fingerprint density at radius 2 is 2.23 bits per heavy atom. The highest BCUT2D eigenvalue weighted by molar-refractivity contribution is 7.19. The van der Waals surface area contributed by atoms with Crippen LogP contribution >= 0.6 is 22.9 Å². The maximum Gasteiger partial charge on any atom is 0.141 e. The van der Waals surface area contributed by atoms with Crippen molar-refractivity contribution in [2.45, 2.75) is 13.3 Å². The number of hydrogen-bond donors (Lipinski definition) is 0. The summed E-state index contributed by atoms with van der Waals surface area (Å²) in [5, 5.41) is 1.47. The smallest absolute Gasteiger partial charge is 0.141 e. The summed E-state index contributed by atoms with van der Waals surface area (Å²) in [6.07, 6.45) is 0.926. The highest BCUT2D eigenvalue weighted by Gasteiger charge is 2.08. The maximum atomic E-state index is 13.3. The molecule has 0 aliphatic heterocycles. The molecule has 13 heavy (non-hydrogen) atoms. The van der Waals surface area contributed by atoms with Crippen LogP contribution in [0.2, 0.25) is 5.02 Å². The van der Waals surface area contributed by atoms with Crippen LogP contribution < -0.4 is 0 Å². The van der Waals surface area contributed by atoms with Gasteiger partial charge in [-0.3, -0.25) is 0 Å². The molecule has 0 bridgehead atoms. The van der Waals surface area contributed by atoms with Crippen molar-refractivity contribution < 1.29 is 4.39 Å². The molecule has 1 aromatic carbocycles. The van der Waals surface area contributed by atoms with Crippen LogP contribution in [0.3, 0.4) is 0 Å². The molecule has 68 valence electrons. The summed E-state index contributed by atoms with van der Waals surface area (Å²) >= 11 is 7.42. The van der Waals surface area contributed by atoms with E-state index >= 15 is 0 Å². The minimum absolute atomic E-state index is 0.177. The second kappa shape index (κ2) is 3.28. The monoisotopic (exact) mass is 214 g/mol. The highest BCUT2D eigenvalue weighted by Crippen LogP contribution is 2.33. The molecule has 0 saturated carbocycles. The first-order valence-corrected chi connectivity index (χ1v) is 5.28. The Morgan fingerprint density at radius 3 is 2.85 bits per heavy atom. The molecule has 0 unspecified atom stereocenters. The van der Waals surface area contributed by atoms with E-state index in [-0.39, 0.29) is 5.82 Å². The minimum Gasteiger partial charge on any atom is -0.205 e. The van der Waals surface area contributed by atoms with Crippen LogP contribution in [-0.2, 0) is 6.42 Å². The van der Waals surface area contributed by atoms with E-state index in [9.17, 15) is 4.39 Å². The van der Waals surface area contributed by atoms with Gasteiger partial charge in [-0.1, -0.05) is 18.5 Å². The molecule has 3 heteroatoms. The van der Waals surface area contributed by atoms with Crippen LogP contribution in [0.15, 0.2) is 18.2 Å². The normalized spacial score (nSPS) is 11.0. The Balaban J connectivity index is 2.80. The van der Waals surface area contributed by atoms with Crippen LogP contribution in [0.25, 0.3) is 10.1 Å². The van der Waals surface area contributed by atoms with E-state index in [2.05, 4.69) is 6.92 Å². The zero-order valence-corrected chi connectivity index (χ0v) is 8.68. The lowest BCUT2D eigenvalue weighted by molar-refractivity contribution is 0.642. The van der Waals surface area contributed by atoms with Gasteiger partial charge in [0, 0.05) is 15.3 Å². The van der Waals surface area contributed by atoms with Crippen molar-refractivity contribution in [3.63, 3.8) is 0 Å². The molecule has 1 aromatic heterocycles. The first-order valence-electron chi connectivity index (χ1n) is 4.08. The molecule has 0 aliphatic rings. The van der Waals surface area contributed by atoms with E-state index in [0.29, 0.717) is 9.72 Å². The molecule has 0 spiro atoms. The Bertz CT molecular complexity index is 408. The third kappa shape index (κ3) is 1.45. The lowest BCUT2D eigenvalue weighted by Gasteiger charge is -1.93. The lowest BCUT2D eigenvalue weighted by atomic mass is 10.2. The summed E-state index contributed by atoms with van der Waals surface area (Å²) < 4.78 is 13.9. The summed E-state index contributed by atoms with van der Waals surface area (Å²) in [6.45, 7) is 2.05. The minimum atomic E-state index is -0.177. The van der Waals surface area contributed by atoms with E-state index in [1.807, 2.05) is 6.07 Å². The number of aryl methyl sites for hydroxylation is 1. The molecule has 2 rings (SSSR count). The van der Waals surface area contributed by atoms with Crippen molar-refractivity contribution >= 4 is 33.0 Å². The molecule has 2 aromatic rings. The summed E-state index contributed by atoms with van der Waals surface area (Å²) in [5.74, 6) is -0.177. The van der Waals surface area contributed by atoms with Crippen LogP contribution in [0.5, 0.6) is 0 Å². The molecule has 0 nitrogen and oxygen atoms in total. The van der Waals surface area contributed by atoms with Gasteiger partial charge in [0.2, 0.25) is 0 Å². The Kier molecular flexibility index (Phi) is 2.26. The zero-order chi connectivity index (χ0) is 9.42. The largest absolute Gasteiger partial charge is 0.205 e. The van der Waals surface area contributed by atoms with E-state index < -0.39 is 0 Å². The third-order valence-electron chi connectivity index (χ3n) is 1.98. The van der Waals surface area contributed by atoms with Gasteiger partial charge in [0.05, 0.1) is 4.70 Å². The van der Waals surface area contributed by atoms with Gasteiger partial charge in [0.1, 0.15) is 5.82 Å². The van der Waals surface area contributed by atoms with Crippen molar-refractivity contribution in [3.8, 4) is 0 Å². The summed E-state index contributed by atoms with van der Waals surface area (Å²) in [7, 11) is 0. The summed E-state index contributed by atoms with van der Waals surface area (Å²) in [4.78, 5) is 1.17. The Morgan fingerprint density at radius 1 is 1.46 bits per heavy atom. The lowest BCUT2D eigenvalue weighted by Crippen LogP contribution is -1.72. The van der Waals surface area contributed by atoms with Crippen LogP contribution in [0, 0.1) is 5.82 Å². The molecule has 0 fully saturated rings. The number of benzene rings is 1. The van der Waals surface area contributed by atoms with Crippen LogP contribution in [-0.4, -0.2) is 0 Å². The zero-order valence-electron chi connectivity index (χ0n) is 7.10. The van der Waals surface area contributed by atoms with Gasteiger partial charge < -0.3 is 0 Å². The molecule has 1 heterocycles. The van der Waals surface area contributed by atoms with Crippen LogP contribution in [0.4, 0.5) is 4.39 Å². The molecule has 0 atom stereocenters. The fourth-order valence-electron chi connectivity index (χ4n) is 1.28.